The number of para-hydroxylation sites is 2. The number of halogens is 2. The van der Waals surface area contributed by atoms with E-state index in [0.29, 0.717) is 66.2 Å². The zero-order chi connectivity index (χ0) is 48.0. The lowest BCUT2D eigenvalue weighted by Crippen LogP contribution is -2.35. The second kappa shape index (κ2) is 21.7. The van der Waals surface area contributed by atoms with Gasteiger partial charge in [0.15, 0.2) is 0 Å². The third kappa shape index (κ3) is 10.0. The number of H-pyrrole nitrogens is 1. The van der Waals surface area contributed by atoms with Crippen LogP contribution >= 0.6 is 23.2 Å². The highest BCUT2D eigenvalue weighted by atomic mass is 35.5. The molecule has 1 aliphatic rings. The fourth-order valence-electron chi connectivity index (χ4n) is 8.92. The highest BCUT2D eigenvalue weighted by Gasteiger charge is 2.25. The van der Waals surface area contributed by atoms with Gasteiger partial charge in [0.1, 0.15) is 5.82 Å². The molecule has 2 atom stereocenters. The topological polar surface area (TPSA) is 147 Å². The van der Waals surface area contributed by atoms with Gasteiger partial charge in [-0.1, -0.05) is 91.3 Å². The van der Waals surface area contributed by atoms with Gasteiger partial charge in [0, 0.05) is 66.2 Å². The van der Waals surface area contributed by atoms with E-state index in [1.165, 1.54) is 6.42 Å². The standard InChI is InChI=1S/C28H27ClN4O2.C27H21ClN4O2.CH4/c1-19(31-27(34)22-13-9-15-30-26(22)32-16-6-3-7-17-32)24-18-20-10-8-14-23(29)25(20)28(35)33(24)21-11-4-2-5-12-21;1-17(31-26(33)21-10-6-13-30-25(21)19-12-14-29-16-19)23-15-18-7-5-11-22(28)24(18)27(34)32(23)20-8-3-2-4-9-20;/h2,4-5,8-15,18-19H,3,6-7,16-17H2,1H3,(H,31,34);2-17,29H,1H3,(H,31,33);1H4/t19-;17-;/m00./s1. The molecular formula is C56H52Cl2N8O4. The first-order valence-electron chi connectivity index (χ1n) is 22.8. The number of anilines is 1. The van der Waals surface area contributed by atoms with Gasteiger partial charge < -0.3 is 20.5 Å². The van der Waals surface area contributed by atoms with Gasteiger partial charge in [-0.3, -0.25) is 33.3 Å². The number of carbonyl (C=O) groups excluding carboxylic acids is 2. The van der Waals surface area contributed by atoms with Gasteiger partial charge in [-0.25, -0.2) is 4.98 Å². The van der Waals surface area contributed by atoms with E-state index in [9.17, 15) is 19.2 Å². The third-order valence-corrected chi connectivity index (χ3v) is 12.9. The third-order valence-electron chi connectivity index (χ3n) is 12.3. The van der Waals surface area contributed by atoms with Crippen molar-refractivity contribution < 1.29 is 9.59 Å². The van der Waals surface area contributed by atoms with Crippen LogP contribution < -0.4 is 26.7 Å². The molecule has 0 bridgehead atoms. The summed E-state index contributed by atoms with van der Waals surface area (Å²) in [6, 6.07) is 41.3. The molecule has 0 aliphatic carbocycles. The fraction of sp³-hybridized carbons (Fsp3) is 0.179. The molecule has 0 unspecified atom stereocenters. The second-order valence-corrected chi connectivity index (χ2v) is 17.6. The minimum absolute atomic E-state index is 0. The summed E-state index contributed by atoms with van der Waals surface area (Å²) in [5.74, 6) is 0.210. The van der Waals surface area contributed by atoms with Crippen molar-refractivity contribution in [3.8, 4) is 22.6 Å². The van der Waals surface area contributed by atoms with Crippen molar-refractivity contribution in [3.63, 3.8) is 0 Å². The van der Waals surface area contributed by atoms with E-state index >= 15 is 0 Å². The molecule has 10 rings (SSSR count). The van der Waals surface area contributed by atoms with Crippen LogP contribution in [0.5, 0.6) is 0 Å². The number of nitrogens with one attached hydrogen (secondary N) is 3. The number of hydrogen-bond acceptors (Lipinski definition) is 7. The van der Waals surface area contributed by atoms with Gasteiger partial charge in [-0.05, 0) is 123 Å². The number of aromatic amines is 1. The molecule has 0 spiro atoms. The first-order valence-corrected chi connectivity index (χ1v) is 23.5. The summed E-state index contributed by atoms with van der Waals surface area (Å²) in [6.45, 7) is 5.53. The van der Waals surface area contributed by atoms with Gasteiger partial charge >= 0.3 is 0 Å². The highest BCUT2D eigenvalue weighted by Crippen LogP contribution is 2.29. The molecule has 0 saturated carbocycles. The molecule has 70 heavy (non-hydrogen) atoms. The number of aromatic nitrogens is 5. The van der Waals surface area contributed by atoms with Crippen LogP contribution in [0.1, 0.15) is 84.7 Å². The summed E-state index contributed by atoms with van der Waals surface area (Å²) in [5, 5.41) is 9.31. The Morgan fingerprint density at radius 3 is 1.61 bits per heavy atom. The smallest absolute Gasteiger partial charge is 0.264 e. The Bertz CT molecular complexity index is 3430. The Labute approximate surface area is 415 Å². The number of nitrogens with zero attached hydrogens (tertiary/aromatic N) is 5. The molecule has 354 valence electrons. The van der Waals surface area contributed by atoms with Crippen molar-refractivity contribution in [1.82, 2.24) is 34.7 Å². The number of benzene rings is 4. The molecule has 9 aromatic rings. The SMILES string of the molecule is C.C[C@H](NC(=O)c1cccnc1-c1cc[nH]c1)c1cc2cccc(Cl)c2c(=O)n1-c1ccccc1.C[C@H](NC(=O)c1cccnc1N1CCCCC1)c1cc2cccc(Cl)c2c(=O)n1-c1ccccc1. The molecule has 2 amide bonds. The van der Waals surface area contributed by atoms with Crippen LogP contribution in [0, 0.1) is 0 Å². The van der Waals surface area contributed by atoms with Crippen molar-refractivity contribution in [3.05, 3.63) is 218 Å². The van der Waals surface area contributed by atoms with E-state index < -0.39 is 12.1 Å². The van der Waals surface area contributed by atoms with Gasteiger partial charge in [-0.15, -0.1) is 0 Å². The molecule has 12 nitrogen and oxygen atoms in total. The summed E-state index contributed by atoms with van der Waals surface area (Å²) in [4.78, 5) is 68.1. The van der Waals surface area contributed by atoms with E-state index in [1.54, 1.807) is 64.3 Å². The van der Waals surface area contributed by atoms with Crippen molar-refractivity contribution in [2.75, 3.05) is 18.0 Å². The number of carbonyl (C=O) groups is 2. The maximum atomic E-state index is 13.6. The van der Waals surface area contributed by atoms with E-state index in [1.807, 2.05) is 123 Å². The number of pyridine rings is 4. The lowest BCUT2D eigenvalue weighted by Gasteiger charge is -2.29. The van der Waals surface area contributed by atoms with E-state index in [0.717, 1.165) is 42.3 Å². The lowest BCUT2D eigenvalue weighted by atomic mass is 10.1. The normalized spacial score (nSPS) is 13.1. The predicted octanol–water partition coefficient (Wildman–Crippen LogP) is 11.7. The lowest BCUT2D eigenvalue weighted by molar-refractivity contribution is 0.0930. The Balaban J connectivity index is 0.000000186. The van der Waals surface area contributed by atoms with Crippen molar-refractivity contribution in [2.45, 2.75) is 52.6 Å². The average molecular weight is 972 g/mol. The predicted molar refractivity (Wildman–Crippen MR) is 282 cm³/mol. The Hall–Kier alpha value is -7.80. The molecule has 1 fully saturated rings. The van der Waals surface area contributed by atoms with E-state index in [4.69, 9.17) is 23.2 Å². The number of amides is 2. The summed E-state index contributed by atoms with van der Waals surface area (Å²) in [5.41, 5.74) is 4.67. The zero-order valence-corrected chi connectivity index (χ0v) is 39.4. The molecule has 4 aromatic carbocycles. The maximum absolute atomic E-state index is 13.6. The molecule has 6 heterocycles. The fourth-order valence-corrected chi connectivity index (χ4v) is 9.45. The van der Waals surface area contributed by atoms with E-state index in [2.05, 4.69) is 30.5 Å². The number of rotatable bonds is 10. The van der Waals surface area contributed by atoms with Gasteiger partial charge in [0.05, 0.1) is 49.7 Å². The minimum atomic E-state index is -0.483. The molecular weight excluding hydrogens is 920 g/mol. The molecule has 5 aromatic heterocycles. The van der Waals surface area contributed by atoms with Crippen molar-refractivity contribution in [1.29, 1.82) is 0 Å². The molecule has 14 heteroatoms. The van der Waals surface area contributed by atoms with Crippen LogP contribution in [0.15, 0.2) is 174 Å². The summed E-state index contributed by atoms with van der Waals surface area (Å²) >= 11 is 12.8. The molecule has 3 N–H and O–H groups in total. The molecule has 0 radical (unpaired) electrons. The quantitative estimate of drug-likeness (QED) is 0.124. The first-order chi connectivity index (χ1) is 33.6. The Morgan fingerprint density at radius 1 is 0.600 bits per heavy atom. The van der Waals surface area contributed by atoms with Crippen molar-refractivity contribution >= 4 is 62.4 Å². The average Bonchev–Trinajstić information content (AvgIpc) is 3.92. The van der Waals surface area contributed by atoms with Crippen LogP contribution in [-0.4, -0.2) is 49.0 Å². The Kier molecular flexibility index (Phi) is 15.1. The van der Waals surface area contributed by atoms with Crippen LogP contribution in [0.2, 0.25) is 10.0 Å². The monoisotopic (exact) mass is 970 g/mol. The van der Waals surface area contributed by atoms with Gasteiger partial charge in [0.2, 0.25) is 0 Å². The first kappa shape index (κ1) is 48.6. The van der Waals surface area contributed by atoms with Crippen molar-refractivity contribution in [2.24, 2.45) is 0 Å². The second-order valence-electron chi connectivity index (χ2n) is 16.8. The maximum Gasteiger partial charge on any atom is 0.264 e. The van der Waals surface area contributed by atoms with Gasteiger partial charge in [0.25, 0.3) is 22.9 Å². The van der Waals surface area contributed by atoms with Crippen LogP contribution in [0.3, 0.4) is 0 Å². The molecule has 1 saturated heterocycles. The largest absolute Gasteiger partial charge is 0.367 e. The van der Waals surface area contributed by atoms with Crippen LogP contribution in [-0.2, 0) is 0 Å². The Morgan fingerprint density at radius 2 is 1.10 bits per heavy atom. The number of hydrogen-bond donors (Lipinski definition) is 3. The summed E-state index contributed by atoms with van der Waals surface area (Å²) in [7, 11) is 0. The number of fused-ring (bicyclic) bond motifs is 2. The summed E-state index contributed by atoms with van der Waals surface area (Å²) in [6.07, 6.45) is 10.3. The highest BCUT2D eigenvalue weighted by molar-refractivity contribution is 6.35. The van der Waals surface area contributed by atoms with E-state index in [-0.39, 0.29) is 30.4 Å². The molecule has 1 aliphatic heterocycles. The number of piperidine rings is 1. The zero-order valence-electron chi connectivity index (χ0n) is 37.9. The van der Waals surface area contributed by atoms with Crippen LogP contribution in [0.25, 0.3) is 44.2 Å². The minimum Gasteiger partial charge on any atom is -0.367 e. The summed E-state index contributed by atoms with van der Waals surface area (Å²) < 4.78 is 3.24. The van der Waals surface area contributed by atoms with Gasteiger partial charge in [-0.2, -0.15) is 0 Å². The van der Waals surface area contributed by atoms with Crippen LogP contribution in [0.4, 0.5) is 5.82 Å².